The Morgan fingerprint density at radius 2 is 2.46 bits per heavy atom. The highest BCUT2D eigenvalue weighted by atomic mass is 16.4. The third-order valence-corrected chi connectivity index (χ3v) is 2.29. The van der Waals surface area contributed by atoms with Crippen LogP contribution in [0.2, 0.25) is 0 Å². The first-order chi connectivity index (χ1) is 6.18. The maximum atomic E-state index is 10.4. The molecule has 1 N–H and O–H groups in total. The Kier molecular flexibility index (Phi) is 1.75. The Morgan fingerprint density at radius 3 is 3.00 bits per heavy atom. The zero-order valence-electron chi connectivity index (χ0n) is 7.21. The number of rotatable bonds is 3. The molecule has 1 aromatic rings. The molecule has 2 rings (SSSR count). The number of nitrogens with zero attached hydrogens (tertiary/aromatic N) is 4. The molecule has 1 saturated carbocycles. The molecule has 6 heteroatoms. The SMILES string of the molecule is CC1CC1c1nnnn1CC(=O)O. The summed E-state index contributed by atoms with van der Waals surface area (Å²) in [5, 5.41) is 19.5. The first-order valence-corrected chi connectivity index (χ1v) is 4.16. The van der Waals surface area contributed by atoms with E-state index in [0.29, 0.717) is 17.7 Å². The molecule has 0 aliphatic heterocycles. The first-order valence-electron chi connectivity index (χ1n) is 4.16. The van der Waals surface area contributed by atoms with Crippen LogP contribution in [0.3, 0.4) is 0 Å². The average Bonchev–Trinajstić information content (AvgIpc) is 2.60. The molecule has 1 aromatic heterocycles. The summed E-state index contributed by atoms with van der Waals surface area (Å²) < 4.78 is 1.36. The van der Waals surface area contributed by atoms with E-state index < -0.39 is 5.97 Å². The van der Waals surface area contributed by atoms with E-state index in [9.17, 15) is 4.79 Å². The summed E-state index contributed by atoms with van der Waals surface area (Å²) in [6.07, 6.45) is 1.06. The van der Waals surface area contributed by atoms with Crippen molar-refractivity contribution in [1.82, 2.24) is 20.2 Å². The Labute approximate surface area is 74.6 Å². The van der Waals surface area contributed by atoms with Crippen LogP contribution in [-0.2, 0) is 11.3 Å². The van der Waals surface area contributed by atoms with Gasteiger partial charge in [-0.25, -0.2) is 4.68 Å². The van der Waals surface area contributed by atoms with Crippen LogP contribution in [0.25, 0.3) is 0 Å². The molecule has 0 saturated heterocycles. The standard InChI is InChI=1S/C7H10N4O2/c1-4-2-5(4)7-8-9-10-11(7)3-6(12)13/h4-5H,2-3H2,1H3,(H,12,13). The average molecular weight is 182 g/mol. The van der Waals surface area contributed by atoms with E-state index in [1.807, 2.05) is 0 Å². The van der Waals surface area contributed by atoms with Gasteiger partial charge in [-0.15, -0.1) is 5.10 Å². The van der Waals surface area contributed by atoms with Gasteiger partial charge in [0, 0.05) is 5.92 Å². The molecule has 0 radical (unpaired) electrons. The van der Waals surface area contributed by atoms with Crippen molar-refractivity contribution in [1.29, 1.82) is 0 Å². The van der Waals surface area contributed by atoms with E-state index in [0.717, 1.165) is 6.42 Å². The van der Waals surface area contributed by atoms with Gasteiger partial charge in [0.15, 0.2) is 5.82 Å². The van der Waals surface area contributed by atoms with Gasteiger partial charge >= 0.3 is 5.97 Å². The fourth-order valence-electron chi connectivity index (χ4n) is 1.40. The zero-order valence-corrected chi connectivity index (χ0v) is 7.21. The summed E-state index contributed by atoms with van der Waals surface area (Å²) in [4.78, 5) is 10.4. The predicted octanol–water partition coefficient (Wildman–Crippen LogP) is -0.119. The molecule has 1 aliphatic carbocycles. The maximum absolute atomic E-state index is 10.4. The van der Waals surface area contributed by atoms with Crippen LogP contribution in [0, 0.1) is 5.92 Å². The Hall–Kier alpha value is -1.46. The topological polar surface area (TPSA) is 80.9 Å². The number of carboxylic acids is 1. The van der Waals surface area contributed by atoms with Crippen molar-refractivity contribution >= 4 is 5.97 Å². The van der Waals surface area contributed by atoms with E-state index in [2.05, 4.69) is 22.4 Å². The molecule has 2 atom stereocenters. The summed E-state index contributed by atoms with van der Waals surface area (Å²) in [6.45, 7) is 1.95. The Bertz CT molecular complexity index is 335. The van der Waals surface area contributed by atoms with Crippen LogP contribution >= 0.6 is 0 Å². The number of carbonyl (C=O) groups is 1. The van der Waals surface area contributed by atoms with Crippen LogP contribution < -0.4 is 0 Å². The van der Waals surface area contributed by atoms with Crippen molar-refractivity contribution in [2.75, 3.05) is 0 Å². The quantitative estimate of drug-likeness (QED) is 0.704. The molecule has 1 fully saturated rings. The lowest BCUT2D eigenvalue weighted by Gasteiger charge is -1.98. The third kappa shape index (κ3) is 1.51. The van der Waals surface area contributed by atoms with Crippen molar-refractivity contribution < 1.29 is 9.90 Å². The predicted molar refractivity (Wildman–Crippen MR) is 42.0 cm³/mol. The van der Waals surface area contributed by atoms with Crippen molar-refractivity contribution in [2.45, 2.75) is 25.8 Å². The lowest BCUT2D eigenvalue weighted by atomic mass is 10.3. The van der Waals surface area contributed by atoms with Crippen molar-refractivity contribution in [3.05, 3.63) is 5.82 Å². The smallest absolute Gasteiger partial charge is 0.325 e. The van der Waals surface area contributed by atoms with E-state index in [-0.39, 0.29) is 6.54 Å². The lowest BCUT2D eigenvalue weighted by molar-refractivity contribution is -0.138. The number of tetrazole rings is 1. The van der Waals surface area contributed by atoms with Crippen molar-refractivity contribution in [3.8, 4) is 0 Å². The summed E-state index contributed by atoms with van der Waals surface area (Å²) in [7, 11) is 0. The van der Waals surface area contributed by atoms with Gasteiger partial charge in [0.1, 0.15) is 6.54 Å². The summed E-state index contributed by atoms with van der Waals surface area (Å²) in [6, 6.07) is 0. The van der Waals surface area contributed by atoms with Gasteiger partial charge in [0.05, 0.1) is 0 Å². The molecule has 1 heterocycles. The normalized spacial score (nSPS) is 25.9. The second-order valence-corrected chi connectivity index (χ2v) is 3.41. The largest absolute Gasteiger partial charge is 0.480 e. The van der Waals surface area contributed by atoms with Gasteiger partial charge in [-0.1, -0.05) is 6.92 Å². The van der Waals surface area contributed by atoms with Crippen LogP contribution in [0.15, 0.2) is 0 Å². The van der Waals surface area contributed by atoms with E-state index in [1.165, 1.54) is 4.68 Å². The summed E-state index contributed by atoms with van der Waals surface area (Å²) >= 11 is 0. The summed E-state index contributed by atoms with van der Waals surface area (Å²) in [5.41, 5.74) is 0. The number of hydrogen-bond acceptors (Lipinski definition) is 4. The van der Waals surface area contributed by atoms with Gasteiger partial charge < -0.3 is 5.11 Å². The van der Waals surface area contributed by atoms with Crippen molar-refractivity contribution in [3.63, 3.8) is 0 Å². The molecule has 0 aromatic carbocycles. The molecule has 70 valence electrons. The maximum Gasteiger partial charge on any atom is 0.325 e. The Morgan fingerprint density at radius 1 is 1.77 bits per heavy atom. The second-order valence-electron chi connectivity index (χ2n) is 3.41. The highest BCUT2D eigenvalue weighted by Gasteiger charge is 2.38. The van der Waals surface area contributed by atoms with Crippen LogP contribution in [0.5, 0.6) is 0 Å². The number of aliphatic carboxylic acids is 1. The van der Waals surface area contributed by atoms with Crippen LogP contribution in [0.4, 0.5) is 0 Å². The van der Waals surface area contributed by atoms with Gasteiger partial charge in [-0.3, -0.25) is 4.79 Å². The van der Waals surface area contributed by atoms with Gasteiger partial charge in [-0.05, 0) is 22.8 Å². The van der Waals surface area contributed by atoms with Gasteiger partial charge in [-0.2, -0.15) is 0 Å². The molecule has 0 bridgehead atoms. The molecular formula is C7H10N4O2. The van der Waals surface area contributed by atoms with Crippen LogP contribution in [-0.4, -0.2) is 31.3 Å². The van der Waals surface area contributed by atoms with E-state index >= 15 is 0 Å². The fraction of sp³-hybridized carbons (Fsp3) is 0.714. The third-order valence-electron chi connectivity index (χ3n) is 2.29. The fourth-order valence-corrected chi connectivity index (χ4v) is 1.40. The Balaban J connectivity index is 2.16. The molecule has 13 heavy (non-hydrogen) atoms. The van der Waals surface area contributed by atoms with Crippen LogP contribution in [0.1, 0.15) is 25.1 Å². The minimum absolute atomic E-state index is 0.147. The minimum Gasteiger partial charge on any atom is -0.480 e. The second kappa shape index (κ2) is 2.79. The first kappa shape index (κ1) is 8.15. The zero-order chi connectivity index (χ0) is 9.42. The molecule has 0 amide bonds. The number of hydrogen-bond donors (Lipinski definition) is 1. The molecule has 1 aliphatic rings. The van der Waals surface area contributed by atoms with E-state index in [1.54, 1.807) is 0 Å². The molecule has 2 unspecified atom stereocenters. The molecular weight excluding hydrogens is 172 g/mol. The summed E-state index contributed by atoms with van der Waals surface area (Å²) in [5.74, 6) is 0.727. The van der Waals surface area contributed by atoms with Gasteiger partial charge in [0.25, 0.3) is 0 Å². The molecule has 0 spiro atoms. The number of aromatic nitrogens is 4. The monoisotopic (exact) mass is 182 g/mol. The van der Waals surface area contributed by atoms with E-state index in [4.69, 9.17) is 5.11 Å². The lowest BCUT2D eigenvalue weighted by Crippen LogP contribution is -2.13. The minimum atomic E-state index is -0.915. The van der Waals surface area contributed by atoms with Crippen molar-refractivity contribution in [2.24, 2.45) is 5.92 Å². The molecule has 6 nitrogen and oxygen atoms in total. The number of carboxylic acid groups (broad SMARTS) is 1. The van der Waals surface area contributed by atoms with Gasteiger partial charge in [0.2, 0.25) is 0 Å². The highest BCUT2D eigenvalue weighted by Crippen LogP contribution is 2.45. The highest BCUT2D eigenvalue weighted by molar-refractivity contribution is 5.66.